The van der Waals surface area contributed by atoms with Crippen molar-refractivity contribution in [2.24, 2.45) is 5.92 Å². The first kappa shape index (κ1) is 10.0. The van der Waals surface area contributed by atoms with Crippen LogP contribution in [0.25, 0.3) is 0 Å². The molecule has 0 aromatic heterocycles. The van der Waals surface area contributed by atoms with E-state index in [1.165, 1.54) is 18.4 Å². The molecule has 1 fully saturated rings. The number of hydrogen-bond acceptors (Lipinski definition) is 1. The molecule has 14 heavy (non-hydrogen) atoms. The lowest BCUT2D eigenvalue weighted by Crippen LogP contribution is -1.99. The standard InChI is InChI=1S/C12H15BrO/c1-8(9-6-7-9)10-4-3-5-11(13)12(10)14-2/h3-5,8-9H,6-7H2,1-2H3. The zero-order valence-corrected chi connectivity index (χ0v) is 10.2. The Balaban J connectivity index is 2.35. The van der Waals surface area contributed by atoms with Gasteiger partial charge in [0.15, 0.2) is 0 Å². The summed E-state index contributed by atoms with van der Waals surface area (Å²) in [5.74, 6) is 2.51. The summed E-state index contributed by atoms with van der Waals surface area (Å²) in [6.45, 7) is 2.29. The van der Waals surface area contributed by atoms with E-state index in [1.54, 1.807) is 7.11 Å². The van der Waals surface area contributed by atoms with E-state index in [-0.39, 0.29) is 0 Å². The van der Waals surface area contributed by atoms with Crippen LogP contribution in [0.15, 0.2) is 22.7 Å². The molecule has 0 amide bonds. The summed E-state index contributed by atoms with van der Waals surface area (Å²) >= 11 is 3.52. The van der Waals surface area contributed by atoms with Crippen LogP contribution >= 0.6 is 15.9 Å². The Morgan fingerprint density at radius 3 is 2.71 bits per heavy atom. The van der Waals surface area contributed by atoms with E-state index in [9.17, 15) is 0 Å². The van der Waals surface area contributed by atoms with Crippen molar-refractivity contribution in [3.63, 3.8) is 0 Å². The van der Waals surface area contributed by atoms with Crippen LogP contribution in [0.1, 0.15) is 31.2 Å². The maximum atomic E-state index is 5.43. The largest absolute Gasteiger partial charge is 0.495 e. The minimum absolute atomic E-state index is 0.627. The highest BCUT2D eigenvalue weighted by atomic mass is 79.9. The third-order valence-corrected chi connectivity index (χ3v) is 3.65. The molecule has 0 saturated heterocycles. The first-order valence-electron chi connectivity index (χ1n) is 5.06. The van der Waals surface area contributed by atoms with Gasteiger partial charge in [-0.2, -0.15) is 0 Å². The molecule has 0 heterocycles. The van der Waals surface area contributed by atoms with Gasteiger partial charge in [0.05, 0.1) is 11.6 Å². The Morgan fingerprint density at radius 2 is 2.14 bits per heavy atom. The molecule has 0 N–H and O–H groups in total. The van der Waals surface area contributed by atoms with Crippen LogP contribution in [0.2, 0.25) is 0 Å². The number of halogens is 1. The van der Waals surface area contributed by atoms with E-state index < -0.39 is 0 Å². The van der Waals surface area contributed by atoms with E-state index in [2.05, 4.69) is 35.0 Å². The smallest absolute Gasteiger partial charge is 0.136 e. The van der Waals surface area contributed by atoms with Crippen molar-refractivity contribution in [3.8, 4) is 5.75 Å². The monoisotopic (exact) mass is 254 g/mol. The van der Waals surface area contributed by atoms with Crippen LogP contribution in [0.3, 0.4) is 0 Å². The Labute approximate surface area is 93.6 Å². The molecular formula is C12H15BrO. The van der Waals surface area contributed by atoms with Crippen molar-refractivity contribution >= 4 is 15.9 Å². The van der Waals surface area contributed by atoms with Crippen molar-refractivity contribution in [1.82, 2.24) is 0 Å². The highest BCUT2D eigenvalue weighted by molar-refractivity contribution is 9.10. The van der Waals surface area contributed by atoms with Gasteiger partial charge >= 0.3 is 0 Å². The molecule has 76 valence electrons. The fourth-order valence-electron chi connectivity index (χ4n) is 1.95. The fourth-order valence-corrected chi connectivity index (χ4v) is 2.49. The second kappa shape index (κ2) is 3.93. The summed E-state index contributed by atoms with van der Waals surface area (Å²) in [4.78, 5) is 0. The number of methoxy groups -OCH3 is 1. The maximum absolute atomic E-state index is 5.43. The van der Waals surface area contributed by atoms with Crippen LogP contribution in [-0.2, 0) is 0 Å². The third-order valence-electron chi connectivity index (χ3n) is 3.02. The van der Waals surface area contributed by atoms with Crippen LogP contribution in [0, 0.1) is 5.92 Å². The van der Waals surface area contributed by atoms with Crippen molar-refractivity contribution in [2.45, 2.75) is 25.7 Å². The first-order chi connectivity index (χ1) is 6.74. The van der Waals surface area contributed by atoms with Crippen LogP contribution in [0.4, 0.5) is 0 Å². The van der Waals surface area contributed by atoms with E-state index in [0.29, 0.717) is 5.92 Å². The van der Waals surface area contributed by atoms with Crippen LogP contribution < -0.4 is 4.74 Å². The Kier molecular flexibility index (Phi) is 2.82. The molecule has 2 rings (SSSR count). The lowest BCUT2D eigenvalue weighted by Gasteiger charge is -2.15. The maximum Gasteiger partial charge on any atom is 0.136 e. The molecular weight excluding hydrogens is 240 g/mol. The van der Waals surface area contributed by atoms with Gasteiger partial charge in [-0.05, 0) is 52.2 Å². The second-order valence-corrected chi connectivity index (χ2v) is 4.84. The van der Waals surface area contributed by atoms with Gasteiger partial charge < -0.3 is 4.74 Å². The van der Waals surface area contributed by atoms with Crippen LogP contribution in [-0.4, -0.2) is 7.11 Å². The van der Waals surface area contributed by atoms with E-state index in [4.69, 9.17) is 4.74 Å². The predicted octanol–water partition coefficient (Wildman–Crippen LogP) is 3.97. The average Bonchev–Trinajstić information content (AvgIpc) is 2.99. The zero-order valence-electron chi connectivity index (χ0n) is 8.59. The van der Waals surface area contributed by atoms with Crippen molar-refractivity contribution in [1.29, 1.82) is 0 Å². The van der Waals surface area contributed by atoms with Gasteiger partial charge in [-0.1, -0.05) is 19.1 Å². The lowest BCUT2D eigenvalue weighted by atomic mass is 9.95. The van der Waals surface area contributed by atoms with Gasteiger partial charge in [-0.3, -0.25) is 0 Å². The molecule has 0 aliphatic heterocycles. The average molecular weight is 255 g/mol. The van der Waals surface area contributed by atoms with Crippen molar-refractivity contribution in [3.05, 3.63) is 28.2 Å². The summed E-state index contributed by atoms with van der Waals surface area (Å²) < 4.78 is 6.49. The number of rotatable bonds is 3. The molecule has 0 bridgehead atoms. The number of benzene rings is 1. The molecule has 2 heteroatoms. The van der Waals surface area contributed by atoms with Gasteiger partial charge in [-0.15, -0.1) is 0 Å². The number of ether oxygens (including phenoxy) is 1. The van der Waals surface area contributed by atoms with Gasteiger partial charge in [0.2, 0.25) is 0 Å². The SMILES string of the molecule is COc1c(Br)cccc1C(C)C1CC1. The molecule has 0 radical (unpaired) electrons. The third kappa shape index (κ3) is 1.81. The van der Waals surface area contributed by atoms with Gasteiger partial charge in [0, 0.05) is 0 Å². The molecule has 1 unspecified atom stereocenters. The molecule has 1 nitrogen and oxygen atoms in total. The zero-order chi connectivity index (χ0) is 10.1. The van der Waals surface area contributed by atoms with E-state index in [0.717, 1.165) is 16.1 Å². The molecule has 1 saturated carbocycles. The molecule has 1 aromatic carbocycles. The highest BCUT2D eigenvalue weighted by Crippen LogP contribution is 2.46. The fraction of sp³-hybridized carbons (Fsp3) is 0.500. The Morgan fingerprint density at radius 1 is 1.43 bits per heavy atom. The second-order valence-electron chi connectivity index (χ2n) is 3.99. The quantitative estimate of drug-likeness (QED) is 0.794. The van der Waals surface area contributed by atoms with E-state index in [1.807, 2.05) is 6.07 Å². The summed E-state index contributed by atoms with van der Waals surface area (Å²) in [7, 11) is 1.74. The summed E-state index contributed by atoms with van der Waals surface area (Å²) in [5, 5.41) is 0. The lowest BCUT2D eigenvalue weighted by molar-refractivity contribution is 0.401. The van der Waals surface area contributed by atoms with Gasteiger partial charge in [0.1, 0.15) is 5.75 Å². The predicted molar refractivity (Wildman–Crippen MR) is 61.8 cm³/mol. The van der Waals surface area contributed by atoms with Crippen molar-refractivity contribution in [2.75, 3.05) is 7.11 Å². The minimum Gasteiger partial charge on any atom is -0.495 e. The molecule has 1 aliphatic rings. The number of para-hydroxylation sites is 1. The van der Waals surface area contributed by atoms with E-state index >= 15 is 0 Å². The highest BCUT2D eigenvalue weighted by Gasteiger charge is 2.30. The molecule has 1 atom stereocenters. The molecule has 1 aromatic rings. The number of hydrogen-bond donors (Lipinski definition) is 0. The first-order valence-corrected chi connectivity index (χ1v) is 5.85. The minimum atomic E-state index is 0.627. The van der Waals surface area contributed by atoms with Gasteiger partial charge in [-0.25, -0.2) is 0 Å². The summed E-state index contributed by atoms with van der Waals surface area (Å²) in [6, 6.07) is 6.29. The topological polar surface area (TPSA) is 9.23 Å². The molecule has 0 spiro atoms. The summed E-state index contributed by atoms with van der Waals surface area (Å²) in [5.41, 5.74) is 1.34. The van der Waals surface area contributed by atoms with Gasteiger partial charge in [0.25, 0.3) is 0 Å². The Hall–Kier alpha value is -0.500. The molecule has 1 aliphatic carbocycles. The Bertz CT molecular complexity index is 331. The normalized spacial score (nSPS) is 17.9. The van der Waals surface area contributed by atoms with Crippen molar-refractivity contribution < 1.29 is 4.74 Å². The summed E-state index contributed by atoms with van der Waals surface area (Å²) in [6.07, 6.45) is 2.74. The van der Waals surface area contributed by atoms with Crippen LogP contribution in [0.5, 0.6) is 5.75 Å².